The highest BCUT2D eigenvalue weighted by Crippen LogP contribution is 2.24. The molecule has 1 fully saturated rings. The number of benzene rings is 1. The van der Waals surface area contributed by atoms with Gasteiger partial charge in [-0.2, -0.15) is 0 Å². The van der Waals surface area contributed by atoms with Gasteiger partial charge in [0.15, 0.2) is 0 Å². The Hall–Kier alpha value is -3.04. The molecule has 30 heavy (non-hydrogen) atoms. The SMILES string of the molecule is C=CN(C)c1c(F)cccc1CNCC1CCN(c2ncc(C(=O)NO)cn2)CC1. The number of hydrogen-bond acceptors (Lipinski definition) is 7. The van der Waals surface area contributed by atoms with Crippen molar-refractivity contribution < 1.29 is 14.4 Å². The van der Waals surface area contributed by atoms with Crippen molar-refractivity contribution in [2.45, 2.75) is 19.4 Å². The second-order valence-electron chi connectivity index (χ2n) is 7.32. The quantitative estimate of drug-likeness (QED) is 0.451. The van der Waals surface area contributed by atoms with Crippen LogP contribution in [0.3, 0.4) is 0 Å². The number of para-hydroxylation sites is 1. The summed E-state index contributed by atoms with van der Waals surface area (Å²) in [5.41, 5.74) is 3.22. The number of nitrogens with one attached hydrogen (secondary N) is 2. The molecule has 9 heteroatoms. The first-order valence-electron chi connectivity index (χ1n) is 9.88. The minimum Gasteiger partial charge on any atom is -0.349 e. The number of amides is 1. The minimum atomic E-state index is -0.632. The van der Waals surface area contributed by atoms with Gasteiger partial charge >= 0.3 is 0 Å². The third-order valence-electron chi connectivity index (χ3n) is 5.34. The van der Waals surface area contributed by atoms with Gasteiger partial charge in [0, 0.05) is 39.1 Å². The van der Waals surface area contributed by atoms with Gasteiger partial charge in [-0.25, -0.2) is 19.8 Å². The standard InChI is InChI=1S/C21H27FN6O2/c1-3-27(2)19-16(5-4-6-18(19)22)12-23-11-15-7-9-28(10-8-15)21-24-13-17(14-25-21)20(29)26-30/h3-6,13-15,23,30H,1,7-12H2,2H3,(H,26,29). The average Bonchev–Trinajstić information content (AvgIpc) is 2.79. The van der Waals surface area contributed by atoms with Gasteiger partial charge in [-0.1, -0.05) is 18.7 Å². The van der Waals surface area contributed by atoms with E-state index in [9.17, 15) is 9.18 Å². The van der Waals surface area contributed by atoms with E-state index < -0.39 is 5.91 Å². The van der Waals surface area contributed by atoms with Gasteiger partial charge < -0.3 is 15.1 Å². The Morgan fingerprint density at radius 3 is 2.70 bits per heavy atom. The van der Waals surface area contributed by atoms with Gasteiger partial charge in [-0.15, -0.1) is 0 Å². The van der Waals surface area contributed by atoms with Crippen molar-refractivity contribution in [2.24, 2.45) is 5.92 Å². The highest BCUT2D eigenvalue weighted by Gasteiger charge is 2.21. The molecule has 3 N–H and O–H groups in total. The Balaban J connectivity index is 1.48. The Kier molecular flexibility index (Phi) is 7.31. The third kappa shape index (κ3) is 5.11. The van der Waals surface area contributed by atoms with E-state index in [1.807, 2.05) is 6.07 Å². The molecular weight excluding hydrogens is 387 g/mol. The second-order valence-corrected chi connectivity index (χ2v) is 7.32. The fourth-order valence-electron chi connectivity index (χ4n) is 3.60. The van der Waals surface area contributed by atoms with Crippen molar-refractivity contribution in [3.63, 3.8) is 0 Å². The van der Waals surface area contributed by atoms with E-state index in [2.05, 4.69) is 26.8 Å². The van der Waals surface area contributed by atoms with Gasteiger partial charge in [0.2, 0.25) is 5.95 Å². The number of nitrogens with zero attached hydrogens (tertiary/aromatic N) is 4. The summed E-state index contributed by atoms with van der Waals surface area (Å²) in [6.07, 6.45) is 6.37. The first-order chi connectivity index (χ1) is 14.5. The summed E-state index contributed by atoms with van der Waals surface area (Å²) >= 11 is 0. The van der Waals surface area contributed by atoms with Crippen molar-refractivity contribution in [1.29, 1.82) is 0 Å². The first kappa shape index (κ1) is 21.7. The smallest absolute Gasteiger partial charge is 0.277 e. The van der Waals surface area contributed by atoms with Gasteiger partial charge in [-0.05, 0) is 43.1 Å². The van der Waals surface area contributed by atoms with Crippen molar-refractivity contribution >= 4 is 17.5 Å². The Labute approximate surface area is 175 Å². The number of carbonyl (C=O) groups is 1. The van der Waals surface area contributed by atoms with E-state index >= 15 is 0 Å². The number of halogens is 1. The molecule has 0 atom stereocenters. The average molecular weight is 414 g/mol. The Morgan fingerprint density at radius 1 is 1.37 bits per heavy atom. The largest absolute Gasteiger partial charge is 0.349 e. The lowest BCUT2D eigenvalue weighted by atomic mass is 9.97. The van der Waals surface area contributed by atoms with E-state index in [4.69, 9.17) is 5.21 Å². The van der Waals surface area contributed by atoms with Crippen LogP contribution in [0.25, 0.3) is 0 Å². The van der Waals surface area contributed by atoms with Crippen molar-refractivity contribution in [2.75, 3.05) is 36.5 Å². The van der Waals surface area contributed by atoms with Crippen LogP contribution in [-0.2, 0) is 6.54 Å². The molecule has 1 aliphatic heterocycles. The van der Waals surface area contributed by atoms with Crippen LogP contribution in [0.1, 0.15) is 28.8 Å². The number of hydrogen-bond donors (Lipinski definition) is 3. The van der Waals surface area contributed by atoms with E-state index in [1.54, 1.807) is 29.7 Å². The molecule has 2 heterocycles. The van der Waals surface area contributed by atoms with E-state index in [0.29, 0.717) is 24.1 Å². The summed E-state index contributed by atoms with van der Waals surface area (Å²) in [7, 11) is 1.79. The van der Waals surface area contributed by atoms with Crippen molar-refractivity contribution in [3.05, 3.63) is 60.3 Å². The highest BCUT2D eigenvalue weighted by molar-refractivity contribution is 5.92. The molecule has 1 aliphatic rings. The summed E-state index contributed by atoms with van der Waals surface area (Å²) in [4.78, 5) is 23.6. The summed E-state index contributed by atoms with van der Waals surface area (Å²) in [6, 6.07) is 5.10. The Morgan fingerprint density at radius 2 is 2.07 bits per heavy atom. The summed E-state index contributed by atoms with van der Waals surface area (Å²) < 4.78 is 14.2. The molecule has 1 aromatic heterocycles. The molecule has 1 aromatic carbocycles. The normalized spacial score (nSPS) is 14.4. The summed E-state index contributed by atoms with van der Waals surface area (Å²) in [5, 5.41) is 12.1. The van der Waals surface area contributed by atoms with E-state index in [1.165, 1.54) is 18.5 Å². The topological polar surface area (TPSA) is 93.6 Å². The molecule has 0 spiro atoms. The van der Waals surface area contributed by atoms with Crippen LogP contribution < -0.4 is 20.6 Å². The lowest BCUT2D eigenvalue weighted by molar-refractivity contribution is 0.0705. The lowest BCUT2D eigenvalue weighted by Crippen LogP contribution is -2.38. The van der Waals surface area contributed by atoms with Crippen LogP contribution in [0, 0.1) is 11.7 Å². The zero-order valence-corrected chi connectivity index (χ0v) is 17.0. The lowest BCUT2D eigenvalue weighted by Gasteiger charge is -2.32. The van der Waals surface area contributed by atoms with Crippen LogP contribution in [0.15, 0.2) is 43.4 Å². The van der Waals surface area contributed by atoms with Crippen LogP contribution in [0.2, 0.25) is 0 Å². The van der Waals surface area contributed by atoms with Crippen LogP contribution in [0.4, 0.5) is 16.0 Å². The molecule has 2 aromatic rings. The number of rotatable bonds is 8. The fourth-order valence-corrected chi connectivity index (χ4v) is 3.60. The monoisotopic (exact) mass is 414 g/mol. The van der Waals surface area contributed by atoms with Crippen molar-refractivity contribution in [1.82, 2.24) is 20.8 Å². The molecule has 160 valence electrons. The number of piperidine rings is 1. The first-order valence-corrected chi connectivity index (χ1v) is 9.88. The van der Waals surface area contributed by atoms with Crippen LogP contribution in [0.5, 0.6) is 0 Å². The molecule has 8 nitrogen and oxygen atoms in total. The number of anilines is 2. The molecule has 1 amide bonds. The maximum Gasteiger partial charge on any atom is 0.277 e. The maximum absolute atomic E-state index is 14.2. The number of carbonyl (C=O) groups excluding carboxylic acids is 1. The third-order valence-corrected chi connectivity index (χ3v) is 5.34. The molecule has 0 bridgehead atoms. The zero-order valence-electron chi connectivity index (χ0n) is 17.0. The van der Waals surface area contributed by atoms with Gasteiger partial charge in [0.05, 0.1) is 11.3 Å². The molecule has 3 rings (SSSR count). The minimum absolute atomic E-state index is 0.208. The van der Waals surface area contributed by atoms with Crippen LogP contribution >= 0.6 is 0 Å². The molecule has 0 aliphatic carbocycles. The highest BCUT2D eigenvalue weighted by atomic mass is 19.1. The molecule has 0 saturated carbocycles. The summed E-state index contributed by atoms with van der Waals surface area (Å²) in [5.74, 6) is 0.196. The van der Waals surface area contributed by atoms with E-state index in [0.717, 1.165) is 38.0 Å². The van der Waals surface area contributed by atoms with Crippen LogP contribution in [-0.4, -0.2) is 47.8 Å². The Bertz CT molecular complexity index is 868. The van der Waals surface area contributed by atoms with Crippen molar-refractivity contribution in [3.8, 4) is 0 Å². The molecule has 0 radical (unpaired) electrons. The predicted octanol–water partition coefficient (Wildman–Crippen LogP) is 2.32. The maximum atomic E-state index is 14.2. The van der Waals surface area contributed by atoms with Gasteiger partial charge in [0.1, 0.15) is 5.82 Å². The number of aromatic nitrogens is 2. The number of hydroxylamine groups is 1. The predicted molar refractivity (Wildman–Crippen MR) is 113 cm³/mol. The second kappa shape index (κ2) is 10.1. The molecular formula is C21H27FN6O2. The zero-order chi connectivity index (χ0) is 21.5. The fraction of sp³-hybridized carbons (Fsp3) is 0.381. The van der Waals surface area contributed by atoms with E-state index in [-0.39, 0.29) is 11.4 Å². The van der Waals surface area contributed by atoms with Gasteiger partial charge in [-0.3, -0.25) is 10.0 Å². The molecule has 1 saturated heterocycles. The molecule has 0 unspecified atom stereocenters. The summed E-state index contributed by atoms with van der Waals surface area (Å²) in [6.45, 7) is 6.79. The van der Waals surface area contributed by atoms with Gasteiger partial charge in [0.25, 0.3) is 5.91 Å².